The number of carbonyl (C=O) groups is 3. The van der Waals surface area contributed by atoms with Gasteiger partial charge in [0.2, 0.25) is 11.8 Å². The van der Waals surface area contributed by atoms with Gasteiger partial charge in [0.25, 0.3) is 0 Å². The molecule has 0 aliphatic heterocycles. The molecule has 0 saturated heterocycles. The van der Waals surface area contributed by atoms with Crippen LogP contribution < -0.4 is 14.8 Å². The third-order valence-electron chi connectivity index (χ3n) is 7.11. The number of aliphatic hydroxyl groups is 2. The molecule has 0 spiro atoms. The Balaban J connectivity index is 1.70. The number of amides is 2. The standard InChI is InChI=1S/C26H33IN2O7/c1-35-22-11-15(14-31)10-19(27)24(22)36-21-13-17(25(33)28-8-9-30)12-20(23(21)32)29(18-4-2-3-5-18)26(34)16-6-7-16/h10-11,13-14,16,18,20-21,23,30,32H,2-9,12H2,1H3,(H,28,33). The van der Waals surface area contributed by atoms with E-state index in [0.717, 1.165) is 38.5 Å². The molecule has 0 bridgehead atoms. The molecule has 3 N–H and O–H groups in total. The quantitative estimate of drug-likeness (QED) is 0.274. The number of carbonyl (C=O) groups excluding carboxylic acids is 3. The molecule has 10 heteroatoms. The smallest absolute Gasteiger partial charge is 0.247 e. The molecule has 0 radical (unpaired) electrons. The second-order valence-corrected chi connectivity index (χ2v) is 10.8. The van der Waals surface area contributed by atoms with Gasteiger partial charge < -0.3 is 29.9 Å². The first-order valence-corrected chi connectivity index (χ1v) is 13.5. The Bertz CT molecular complexity index is 1020. The van der Waals surface area contributed by atoms with Gasteiger partial charge in [-0.2, -0.15) is 0 Å². The average Bonchev–Trinajstić information content (AvgIpc) is 3.60. The highest BCUT2D eigenvalue weighted by molar-refractivity contribution is 14.1. The van der Waals surface area contributed by atoms with Crippen molar-refractivity contribution in [2.75, 3.05) is 20.3 Å². The molecule has 1 aromatic carbocycles. The molecule has 4 rings (SSSR count). The Morgan fingerprint density at radius 1 is 1.22 bits per heavy atom. The zero-order valence-corrected chi connectivity index (χ0v) is 22.5. The fourth-order valence-electron chi connectivity index (χ4n) is 5.14. The number of benzene rings is 1. The molecule has 2 fully saturated rings. The summed E-state index contributed by atoms with van der Waals surface area (Å²) in [6.45, 7) is -0.0982. The highest BCUT2D eigenvalue weighted by Gasteiger charge is 2.46. The molecule has 2 saturated carbocycles. The van der Waals surface area contributed by atoms with Crippen molar-refractivity contribution in [2.24, 2.45) is 5.92 Å². The minimum Gasteiger partial charge on any atom is -0.493 e. The van der Waals surface area contributed by atoms with Crippen LogP contribution in [0.5, 0.6) is 11.5 Å². The summed E-state index contributed by atoms with van der Waals surface area (Å²) in [6.07, 6.45) is 6.01. The van der Waals surface area contributed by atoms with E-state index >= 15 is 0 Å². The SMILES string of the molecule is COc1cc(C=O)cc(I)c1OC1C=C(C(=O)NCCO)CC(N(C(=O)C2CC2)C2CCCC2)C1O. The van der Waals surface area contributed by atoms with E-state index in [0.29, 0.717) is 32.5 Å². The van der Waals surface area contributed by atoms with E-state index in [-0.39, 0.29) is 43.3 Å². The number of ether oxygens (including phenoxy) is 2. The molecule has 196 valence electrons. The van der Waals surface area contributed by atoms with Gasteiger partial charge in [0.1, 0.15) is 18.5 Å². The Kier molecular flexibility index (Phi) is 8.89. The Morgan fingerprint density at radius 3 is 2.56 bits per heavy atom. The molecule has 3 unspecified atom stereocenters. The van der Waals surface area contributed by atoms with Crippen molar-refractivity contribution < 1.29 is 34.1 Å². The van der Waals surface area contributed by atoms with Gasteiger partial charge in [-0.3, -0.25) is 14.4 Å². The highest BCUT2D eigenvalue weighted by atomic mass is 127. The Hall–Kier alpha value is -2.18. The Labute approximate surface area is 224 Å². The summed E-state index contributed by atoms with van der Waals surface area (Å²) in [5, 5.41) is 23.4. The van der Waals surface area contributed by atoms with Crippen LogP contribution in [0.2, 0.25) is 0 Å². The fourth-order valence-corrected chi connectivity index (χ4v) is 5.90. The lowest BCUT2D eigenvalue weighted by Gasteiger charge is -2.43. The van der Waals surface area contributed by atoms with Crippen LogP contribution in [0.4, 0.5) is 0 Å². The monoisotopic (exact) mass is 612 g/mol. The van der Waals surface area contributed by atoms with Gasteiger partial charge in [-0.05, 0) is 66.5 Å². The number of rotatable bonds is 10. The average molecular weight is 612 g/mol. The largest absolute Gasteiger partial charge is 0.493 e. The zero-order valence-electron chi connectivity index (χ0n) is 20.3. The molecule has 0 heterocycles. The predicted octanol–water partition coefficient (Wildman–Crippen LogP) is 2.21. The van der Waals surface area contributed by atoms with Crippen molar-refractivity contribution in [1.29, 1.82) is 0 Å². The third kappa shape index (κ3) is 5.86. The van der Waals surface area contributed by atoms with Crippen molar-refractivity contribution in [1.82, 2.24) is 10.2 Å². The summed E-state index contributed by atoms with van der Waals surface area (Å²) >= 11 is 2.04. The molecular formula is C26H33IN2O7. The van der Waals surface area contributed by atoms with Gasteiger partial charge in [0.05, 0.1) is 23.3 Å². The van der Waals surface area contributed by atoms with Gasteiger partial charge in [0, 0.05) is 36.1 Å². The van der Waals surface area contributed by atoms with Crippen LogP contribution in [0.15, 0.2) is 23.8 Å². The minimum absolute atomic E-state index is 0.0216. The normalized spacial score (nSPS) is 24.1. The third-order valence-corrected chi connectivity index (χ3v) is 7.91. The van der Waals surface area contributed by atoms with Gasteiger partial charge in [-0.15, -0.1) is 0 Å². The van der Waals surface area contributed by atoms with Crippen LogP contribution in [0.1, 0.15) is 55.3 Å². The maximum absolute atomic E-state index is 13.4. The lowest BCUT2D eigenvalue weighted by atomic mass is 9.87. The number of halogens is 1. The molecule has 9 nitrogen and oxygen atoms in total. The van der Waals surface area contributed by atoms with E-state index in [1.807, 2.05) is 27.5 Å². The Morgan fingerprint density at radius 2 is 1.94 bits per heavy atom. The fraction of sp³-hybridized carbons (Fsp3) is 0.577. The predicted molar refractivity (Wildman–Crippen MR) is 140 cm³/mol. The van der Waals surface area contributed by atoms with Crippen LogP contribution in [-0.4, -0.2) is 77.8 Å². The number of nitrogens with one attached hydrogen (secondary N) is 1. The zero-order chi connectivity index (χ0) is 25.8. The summed E-state index contributed by atoms with van der Waals surface area (Å²) in [5.41, 5.74) is 0.821. The van der Waals surface area contributed by atoms with Gasteiger partial charge >= 0.3 is 0 Å². The lowest BCUT2D eigenvalue weighted by molar-refractivity contribution is -0.143. The second-order valence-electron chi connectivity index (χ2n) is 9.63. The van der Waals surface area contributed by atoms with E-state index in [4.69, 9.17) is 14.6 Å². The van der Waals surface area contributed by atoms with Crippen molar-refractivity contribution in [3.05, 3.63) is 32.9 Å². The second kappa shape index (κ2) is 11.9. The van der Waals surface area contributed by atoms with Crippen LogP contribution in [0.3, 0.4) is 0 Å². The molecule has 3 atom stereocenters. The molecule has 36 heavy (non-hydrogen) atoms. The van der Waals surface area contributed by atoms with Gasteiger partial charge in [-0.25, -0.2) is 0 Å². The maximum atomic E-state index is 13.4. The minimum atomic E-state index is -1.08. The number of aldehydes is 1. The van der Waals surface area contributed by atoms with Crippen LogP contribution in [-0.2, 0) is 9.59 Å². The molecule has 2 amide bonds. The maximum Gasteiger partial charge on any atom is 0.247 e. The molecule has 0 aromatic heterocycles. The topological polar surface area (TPSA) is 125 Å². The van der Waals surface area contributed by atoms with E-state index in [9.17, 15) is 19.5 Å². The summed E-state index contributed by atoms with van der Waals surface area (Å²) in [6, 6.07) is 2.61. The van der Waals surface area contributed by atoms with Crippen LogP contribution in [0, 0.1) is 9.49 Å². The van der Waals surface area contributed by atoms with E-state index < -0.39 is 18.2 Å². The molecular weight excluding hydrogens is 579 g/mol. The first-order valence-electron chi connectivity index (χ1n) is 12.5. The summed E-state index contributed by atoms with van der Waals surface area (Å²) < 4.78 is 12.3. The van der Waals surface area contributed by atoms with Crippen LogP contribution in [0.25, 0.3) is 0 Å². The van der Waals surface area contributed by atoms with Crippen molar-refractivity contribution in [3.8, 4) is 11.5 Å². The first kappa shape index (κ1) is 26.9. The number of hydrogen-bond donors (Lipinski definition) is 3. The summed E-state index contributed by atoms with van der Waals surface area (Å²) in [5.74, 6) is 0.342. The van der Waals surface area contributed by atoms with Crippen LogP contribution >= 0.6 is 22.6 Å². The molecule has 1 aromatic rings. The number of nitrogens with zero attached hydrogens (tertiary/aromatic N) is 1. The lowest BCUT2D eigenvalue weighted by Crippen LogP contribution is -2.58. The van der Waals surface area contributed by atoms with Crippen molar-refractivity contribution >= 4 is 40.7 Å². The highest BCUT2D eigenvalue weighted by Crippen LogP contribution is 2.40. The summed E-state index contributed by atoms with van der Waals surface area (Å²) in [7, 11) is 1.46. The van der Waals surface area contributed by atoms with Gasteiger partial charge in [-0.1, -0.05) is 12.8 Å². The molecule has 3 aliphatic rings. The van der Waals surface area contributed by atoms with E-state index in [1.54, 1.807) is 18.2 Å². The van der Waals surface area contributed by atoms with Crippen molar-refractivity contribution in [2.45, 2.75) is 69.2 Å². The number of methoxy groups -OCH3 is 1. The number of aliphatic hydroxyl groups excluding tert-OH is 2. The van der Waals surface area contributed by atoms with E-state index in [2.05, 4.69) is 5.32 Å². The number of hydrogen-bond acceptors (Lipinski definition) is 7. The first-order chi connectivity index (χ1) is 17.4. The van der Waals surface area contributed by atoms with E-state index in [1.165, 1.54) is 7.11 Å². The summed E-state index contributed by atoms with van der Waals surface area (Å²) in [4.78, 5) is 39.5. The van der Waals surface area contributed by atoms with Crippen molar-refractivity contribution in [3.63, 3.8) is 0 Å². The van der Waals surface area contributed by atoms with Gasteiger partial charge in [0.15, 0.2) is 11.5 Å². The molecule has 3 aliphatic carbocycles.